The van der Waals surface area contributed by atoms with Crippen LogP contribution in [0.5, 0.6) is 0 Å². The molecule has 0 saturated carbocycles. The van der Waals surface area contributed by atoms with Crippen molar-refractivity contribution in [1.29, 1.82) is 0 Å². The number of rotatable bonds is 5. The Balaban J connectivity index is 2.17. The minimum atomic E-state index is -0.701. The molecule has 0 heterocycles. The van der Waals surface area contributed by atoms with Gasteiger partial charge in [-0.2, -0.15) is 0 Å². The van der Waals surface area contributed by atoms with E-state index in [1.165, 1.54) is 5.56 Å². The zero-order valence-electron chi connectivity index (χ0n) is 7.57. The smallest absolute Gasteiger partial charge is 0.303 e. The van der Waals surface area contributed by atoms with Gasteiger partial charge in [0.05, 0.1) is 0 Å². The highest BCUT2D eigenvalue weighted by atomic mass is 16.6. The van der Waals surface area contributed by atoms with E-state index in [2.05, 4.69) is 12.1 Å². The molecule has 0 radical (unpaired) electrons. The lowest BCUT2D eigenvalue weighted by Crippen LogP contribution is -1.94. The Hall–Kier alpha value is -1.31. The van der Waals surface area contributed by atoms with E-state index in [-0.39, 0.29) is 6.42 Å². The van der Waals surface area contributed by atoms with Crippen LogP contribution in [0, 0.1) is 0 Å². The summed E-state index contributed by atoms with van der Waals surface area (Å²) in [5.41, 5.74) is 1.29. The molecule has 0 aromatic heterocycles. The molecule has 70 valence electrons. The molecule has 1 rings (SSSR count). The van der Waals surface area contributed by atoms with Gasteiger partial charge in [0.25, 0.3) is 0 Å². The summed E-state index contributed by atoms with van der Waals surface area (Å²) in [6, 6.07) is 10.1. The molecule has 0 spiro atoms. The van der Waals surface area contributed by atoms with Crippen molar-refractivity contribution in [1.82, 2.24) is 0 Å². The average Bonchev–Trinajstić information content (AvgIpc) is 2.14. The fraction of sp³-hybridized carbons (Fsp3) is 0.364. The van der Waals surface area contributed by atoms with Gasteiger partial charge in [-0.1, -0.05) is 30.3 Å². The number of carbonyl (C=O) groups is 1. The van der Waals surface area contributed by atoms with Crippen LogP contribution in [0.2, 0.25) is 0 Å². The number of benzene rings is 1. The van der Waals surface area contributed by atoms with Gasteiger partial charge >= 0.3 is 5.97 Å². The van der Waals surface area contributed by atoms with Crippen LogP contribution in [0.25, 0.3) is 0 Å². The van der Waals surface area contributed by atoms with Gasteiger partial charge < -0.3 is 5.11 Å². The molecule has 1 aromatic rings. The summed E-state index contributed by atoms with van der Waals surface area (Å²) in [6.45, 7) is 0. The fourth-order valence-corrected chi connectivity index (χ4v) is 1.25. The summed E-state index contributed by atoms with van der Waals surface area (Å²) in [5.74, 6) is -0.701. The number of hydrogen-bond acceptors (Lipinski definition) is 1. The molecule has 0 saturated heterocycles. The molecule has 2 nitrogen and oxygen atoms in total. The first-order valence-corrected chi connectivity index (χ1v) is 4.55. The Morgan fingerprint density at radius 3 is 2.46 bits per heavy atom. The Kier molecular flexibility index (Phi) is 4.03. The van der Waals surface area contributed by atoms with Gasteiger partial charge in [0.2, 0.25) is 0 Å². The third-order valence-electron chi connectivity index (χ3n) is 1.95. The van der Waals surface area contributed by atoms with Gasteiger partial charge in [-0.25, -0.2) is 0 Å². The van der Waals surface area contributed by atoms with Crippen molar-refractivity contribution in [3.05, 3.63) is 35.9 Å². The van der Waals surface area contributed by atoms with Crippen molar-refractivity contribution in [2.45, 2.75) is 25.7 Å². The molecule has 1 aromatic carbocycles. The molecule has 2 heteroatoms. The SMILES string of the molecule is O=[14C](O)CCCCc1ccccc1. The van der Waals surface area contributed by atoms with Gasteiger partial charge in [0.1, 0.15) is 0 Å². The standard InChI is InChI=1S/C11H14O2/c12-11(13)9-5-4-8-10-6-2-1-3-7-10/h1-3,6-7H,4-5,8-9H2,(H,12,13)/i11+2. The molecule has 13 heavy (non-hydrogen) atoms. The van der Waals surface area contributed by atoms with Crippen molar-refractivity contribution in [2.75, 3.05) is 0 Å². The molecule has 0 aliphatic rings. The predicted octanol–water partition coefficient (Wildman–Crippen LogP) is 2.48. The summed E-state index contributed by atoms with van der Waals surface area (Å²) in [7, 11) is 0. The van der Waals surface area contributed by atoms with E-state index < -0.39 is 5.97 Å². The third-order valence-corrected chi connectivity index (χ3v) is 1.95. The molecule has 0 aliphatic heterocycles. The van der Waals surface area contributed by atoms with E-state index in [0.29, 0.717) is 0 Å². The van der Waals surface area contributed by atoms with E-state index in [0.717, 1.165) is 19.3 Å². The van der Waals surface area contributed by atoms with Crippen LogP contribution >= 0.6 is 0 Å². The van der Waals surface area contributed by atoms with Gasteiger partial charge in [0, 0.05) is 6.42 Å². The van der Waals surface area contributed by atoms with Crippen molar-refractivity contribution >= 4 is 5.97 Å². The number of unbranched alkanes of at least 4 members (excludes halogenated alkanes) is 1. The summed E-state index contributed by atoms with van der Waals surface area (Å²) >= 11 is 0. The van der Waals surface area contributed by atoms with Crippen LogP contribution in [0.15, 0.2) is 30.3 Å². The molecular formula is C11H14O2. The van der Waals surface area contributed by atoms with Crippen molar-refractivity contribution in [2.24, 2.45) is 0 Å². The Labute approximate surface area is 78.2 Å². The van der Waals surface area contributed by atoms with Gasteiger partial charge in [-0.3, -0.25) is 4.79 Å². The van der Waals surface area contributed by atoms with Crippen molar-refractivity contribution in [3.8, 4) is 0 Å². The van der Waals surface area contributed by atoms with Crippen LogP contribution in [0.1, 0.15) is 24.8 Å². The number of aliphatic carboxylic acids is 1. The molecule has 0 amide bonds. The molecular weight excluding hydrogens is 166 g/mol. The summed E-state index contributed by atoms with van der Waals surface area (Å²) in [4.78, 5) is 10.2. The second kappa shape index (κ2) is 5.36. The average molecular weight is 180 g/mol. The van der Waals surface area contributed by atoms with Gasteiger partial charge in [-0.15, -0.1) is 0 Å². The monoisotopic (exact) mass is 180 g/mol. The van der Waals surface area contributed by atoms with Crippen LogP contribution in [-0.2, 0) is 11.2 Å². The van der Waals surface area contributed by atoms with Gasteiger partial charge in [0.15, 0.2) is 0 Å². The highest BCUT2D eigenvalue weighted by molar-refractivity contribution is 5.66. The Morgan fingerprint density at radius 1 is 1.15 bits per heavy atom. The number of carboxylic acids is 1. The zero-order chi connectivity index (χ0) is 9.52. The van der Waals surface area contributed by atoms with E-state index in [1.807, 2.05) is 18.2 Å². The highest BCUT2D eigenvalue weighted by Crippen LogP contribution is 2.05. The van der Waals surface area contributed by atoms with E-state index >= 15 is 0 Å². The normalized spacial score (nSPS) is 9.85. The third kappa shape index (κ3) is 4.31. The highest BCUT2D eigenvalue weighted by Gasteiger charge is 1.96. The minimum Gasteiger partial charge on any atom is -0.481 e. The Bertz CT molecular complexity index is 254. The topological polar surface area (TPSA) is 37.3 Å². The summed E-state index contributed by atoms with van der Waals surface area (Å²) < 4.78 is 0. The molecule has 0 aliphatic carbocycles. The lowest BCUT2D eigenvalue weighted by Gasteiger charge is -1.98. The Morgan fingerprint density at radius 2 is 1.85 bits per heavy atom. The summed E-state index contributed by atoms with van der Waals surface area (Å²) in [6.07, 6.45) is 2.99. The van der Waals surface area contributed by atoms with E-state index in [4.69, 9.17) is 5.11 Å². The zero-order valence-corrected chi connectivity index (χ0v) is 7.57. The molecule has 0 fully saturated rings. The van der Waals surface area contributed by atoms with Crippen molar-refractivity contribution in [3.63, 3.8) is 0 Å². The first-order valence-electron chi connectivity index (χ1n) is 4.55. The first-order chi connectivity index (χ1) is 6.29. The number of aryl methyl sites for hydroxylation is 1. The first kappa shape index (κ1) is 9.78. The summed E-state index contributed by atoms with van der Waals surface area (Å²) in [5, 5.41) is 8.41. The quantitative estimate of drug-likeness (QED) is 0.707. The molecule has 0 bridgehead atoms. The number of carboxylic acid groups (broad SMARTS) is 1. The second-order valence-corrected chi connectivity index (χ2v) is 3.09. The molecule has 0 atom stereocenters. The van der Waals surface area contributed by atoms with E-state index in [9.17, 15) is 4.79 Å². The van der Waals surface area contributed by atoms with Crippen LogP contribution in [0.4, 0.5) is 0 Å². The van der Waals surface area contributed by atoms with Gasteiger partial charge in [-0.05, 0) is 24.8 Å². The van der Waals surface area contributed by atoms with Crippen LogP contribution < -0.4 is 0 Å². The van der Waals surface area contributed by atoms with Crippen molar-refractivity contribution < 1.29 is 9.90 Å². The van der Waals surface area contributed by atoms with E-state index in [1.54, 1.807) is 0 Å². The second-order valence-electron chi connectivity index (χ2n) is 3.09. The number of hydrogen-bond donors (Lipinski definition) is 1. The molecule has 1 N–H and O–H groups in total. The molecule has 0 unspecified atom stereocenters. The lowest BCUT2D eigenvalue weighted by atomic mass is 10.1. The fourth-order valence-electron chi connectivity index (χ4n) is 1.25. The largest absolute Gasteiger partial charge is 0.481 e. The minimum absolute atomic E-state index is 0.285. The maximum atomic E-state index is 10.2. The van der Waals surface area contributed by atoms with Crippen LogP contribution in [0.3, 0.4) is 0 Å². The van der Waals surface area contributed by atoms with Crippen LogP contribution in [-0.4, -0.2) is 11.1 Å². The lowest BCUT2D eigenvalue weighted by molar-refractivity contribution is -0.137. The maximum absolute atomic E-state index is 10.2. The maximum Gasteiger partial charge on any atom is 0.303 e. The predicted molar refractivity (Wildman–Crippen MR) is 51.6 cm³/mol.